The van der Waals surface area contributed by atoms with E-state index in [0.29, 0.717) is 22.5 Å². The fourth-order valence-corrected chi connectivity index (χ4v) is 3.76. The molecule has 160 valence electrons. The van der Waals surface area contributed by atoms with Crippen molar-refractivity contribution >= 4 is 34.7 Å². The number of ketones is 1. The van der Waals surface area contributed by atoms with Crippen LogP contribution in [0.25, 0.3) is 5.76 Å². The van der Waals surface area contributed by atoms with E-state index in [0.717, 1.165) is 5.56 Å². The molecule has 4 rings (SSSR count). The number of carbonyl (C=O) groups is 3. The average Bonchev–Trinajstić information content (AvgIpc) is 3.05. The van der Waals surface area contributed by atoms with Crippen LogP contribution in [0.15, 0.2) is 78.6 Å². The number of benzene rings is 2. The average molecular weight is 427 g/mol. The van der Waals surface area contributed by atoms with Gasteiger partial charge in [-0.3, -0.25) is 24.3 Å². The SMILES string of the molecule is CC(=O)Nc1cccc(N2C(=O)C(=O)/C(=C(/O)c3ccc(C)cc3)C2c2ccncc2)c1. The smallest absolute Gasteiger partial charge is 0.300 e. The zero-order valence-electron chi connectivity index (χ0n) is 17.6. The molecular weight excluding hydrogens is 406 g/mol. The molecule has 2 heterocycles. The minimum Gasteiger partial charge on any atom is -0.507 e. The molecule has 2 amide bonds. The lowest BCUT2D eigenvalue weighted by Gasteiger charge is -2.25. The fourth-order valence-electron chi connectivity index (χ4n) is 3.76. The van der Waals surface area contributed by atoms with Crippen molar-refractivity contribution in [2.45, 2.75) is 19.9 Å². The molecule has 1 aromatic heterocycles. The molecule has 7 nitrogen and oxygen atoms in total. The first-order chi connectivity index (χ1) is 15.4. The van der Waals surface area contributed by atoms with Crippen molar-refractivity contribution in [2.24, 2.45) is 0 Å². The maximum Gasteiger partial charge on any atom is 0.300 e. The molecule has 0 spiro atoms. The van der Waals surface area contributed by atoms with Gasteiger partial charge in [0.1, 0.15) is 5.76 Å². The van der Waals surface area contributed by atoms with Crippen LogP contribution in [0.4, 0.5) is 11.4 Å². The Bertz CT molecular complexity index is 1230. The van der Waals surface area contributed by atoms with Gasteiger partial charge in [0, 0.05) is 36.3 Å². The van der Waals surface area contributed by atoms with Gasteiger partial charge in [-0.05, 0) is 42.8 Å². The van der Waals surface area contributed by atoms with Gasteiger partial charge in [0.25, 0.3) is 11.7 Å². The van der Waals surface area contributed by atoms with Gasteiger partial charge >= 0.3 is 0 Å². The minimum absolute atomic E-state index is 0.00465. The summed E-state index contributed by atoms with van der Waals surface area (Å²) in [5, 5.41) is 13.8. The number of pyridine rings is 1. The molecule has 7 heteroatoms. The number of aromatic nitrogens is 1. The largest absolute Gasteiger partial charge is 0.507 e. The number of hydrogen-bond donors (Lipinski definition) is 2. The molecule has 1 saturated heterocycles. The number of rotatable bonds is 4. The quantitative estimate of drug-likeness (QED) is 0.373. The molecule has 0 aliphatic carbocycles. The summed E-state index contributed by atoms with van der Waals surface area (Å²) in [6, 6.07) is 16.3. The highest BCUT2D eigenvalue weighted by molar-refractivity contribution is 6.51. The maximum atomic E-state index is 13.2. The van der Waals surface area contributed by atoms with Gasteiger partial charge in [-0.15, -0.1) is 0 Å². The third-order valence-electron chi connectivity index (χ3n) is 5.24. The standard InChI is InChI=1S/C25H21N3O4/c1-15-6-8-18(9-7-15)23(30)21-22(17-10-12-26-13-11-17)28(25(32)24(21)31)20-5-3-4-19(14-20)27-16(2)29/h3-14,22,30H,1-2H3,(H,27,29)/b23-21+. The van der Waals surface area contributed by atoms with E-state index in [1.807, 2.05) is 19.1 Å². The fraction of sp³-hybridized carbons (Fsp3) is 0.120. The molecule has 1 aliphatic rings. The molecule has 0 saturated carbocycles. The molecule has 32 heavy (non-hydrogen) atoms. The van der Waals surface area contributed by atoms with Crippen molar-refractivity contribution in [3.8, 4) is 0 Å². The second-order valence-corrected chi connectivity index (χ2v) is 7.55. The number of aliphatic hydroxyl groups excluding tert-OH is 1. The highest BCUT2D eigenvalue weighted by Gasteiger charge is 2.47. The van der Waals surface area contributed by atoms with Crippen LogP contribution in [-0.2, 0) is 14.4 Å². The Hall–Kier alpha value is -4.26. The summed E-state index contributed by atoms with van der Waals surface area (Å²) in [6.07, 6.45) is 3.13. The third-order valence-corrected chi connectivity index (χ3v) is 5.24. The van der Waals surface area contributed by atoms with Crippen molar-refractivity contribution < 1.29 is 19.5 Å². The van der Waals surface area contributed by atoms with E-state index in [9.17, 15) is 19.5 Å². The van der Waals surface area contributed by atoms with Crippen LogP contribution in [0.3, 0.4) is 0 Å². The lowest BCUT2D eigenvalue weighted by Crippen LogP contribution is -2.29. The zero-order valence-corrected chi connectivity index (χ0v) is 17.6. The number of carbonyl (C=O) groups excluding carboxylic acids is 3. The molecule has 1 fully saturated rings. The van der Waals surface area contributed by atoms with Crippen LogP contribution >= 0.6 is 0 Å². The first kappa shape index (κ1) is 21.0. The van der Waals surface area contributed by atoms with Crippen molar-refractivity contribution in [3.05, 3.63) is 95.3 Å². The summed E-state index contributed by atoms with van der Waals surface area (Å²) in [6.45, 7) is 3.30. The van der Waals surface area contributed by atoms with Gasteiger partial charge in [0.05, 0.1) is 11.6 Å². The predicted molar refractivity (Wildman–Crippen MR) is 121 cm³/mol. The first-order valence-electron chi connectivity index (χ1n) is 10.0. The van der Waals surface area contributed by atoms with Gasteiger partial charge in [0.2, 0.25) is 5.91 Å². The second kappa shape index (κ2) is 8.47. The van der Waals surface area contributed by atoms with E-state index in [2.05, 4.69) is 10.3 Å². The summed E-state index contributed by atoms with van der Waals surface area (Å²) < 4.78 is 0. The summed E-state index contributed by atoms with van der Waals surface area (Å²) in [7, 11) is 0. The Morgan fingerprint density at radius 3 is 2.38 bits per heavy atom. The van der Waals surface area contributed by atoms with Crippen LogP contribution in [0.1, 0.15) is 29.7 Å². The van der Waals surface area contributed by atoms with Crippen LogP contribution in [0, 0.1) is 6.92 Å². The summed E-state index contributed by atoms with van der Waals surface area (Å²) in [5.41, 5.74) is 2.97. The molecule has 3 aromatic rings. The summed E-state index contributed by atoms with van der Waals surface area (Å²) in [5.74, 6) is -2.05. The molecule has 0 bridgehead atoms. The van der Waals surface area contributed by atoms with E-state index in [4.69, 9.17) is 0 Å². The zero-order chi connectivity index (χ0) is 22.8. The first-order valence-corrected chi connectivity index (χ1v) is 10.0. The molecule has 2 aromatic carbocycles. The number of aryl methyl sites for hydroxylation is 1. The van der Waals surface area contributed by atoms with Crippen LogP contribution < -0.4 is 10.2 Å². The highest BCUT2D eigenvalue weighted by Crippen LogP contribution is 2.42. The van der Waals surface area contributed by atoms with E-state index < -0.39 is 17.7 Å². The lowest BCUT2D eigenvalue weighted by atomic mass is 9.95. The maximum absolute atomic E-state index is 13.2. The van der Waals surface area contributed by atoms with Crippen molar-refractivity contribution in [2.75, 3.05) is 10.2 Å². The number of aliphatic hydroxyl groups is 1. The van der Waals surface area contributed by atoms with Crippen LogP contribution in [0.5, 0.6) is 0 Å². The number of amides is 2. The predicted octanol–water partition coefficient (Wildman–Crippen LogP) is 3.97. The molecular formula is C25H21N3O4. The van der Waals surface area contributed by atoms with Gasteiger partial charge < -0.3 is 10.4 Å². The van der Waals surface area contributed by atoms with Crippen molar-refractivity contribution in [3.63, 3.8) is 0 Å². The van der Waals surface area contributed by atoms with E-state index >= 15 is 0 Å². The van der Waals surface area contributed by atoms with E-state index in [1.54, 1.807) is 60.9 Å². The van der Waals surface area contributed by atoms with E-state index in [1.165, 1.54) is 11.8 Å². The highest BCUT2D eigenvalue weighted by atomic mass is 16.3. The van der Waals surface area contributed by atoms with Crippen molar-refractivity contribution in [1.82, 2.24) is 4.98 Å². The van der Waals surface area contributed by atoms with Gasteiger partial charge in [-0.25, -0.2) is 0 Å². The number of Topliss-reactive ketones (excluding diaryl/α,β-unsaturated/α-hetero) is 1. The van der Waals surface area contributed by atoms with Crippen LogP contribution in [-0.4, -0.2) is 27.7 Å². The third kappa shape index (κ3) is 3.88. The Labute approximate surface area is 185 Å². The van der Waals surface area contributed by atoms with E-state index in [-0.39, 0.29) is 17.2 Å². The Morgan fingerprint density at radius 2 is 1.72 bits per heavy atom. The number of hydrogen-bond acceptors (Lipinski definition) is 5. The van der Waals surface area contributed by atoms with Gasteiger partial charge in [-0.1, -0.05) is 35.9 Å². The number of anilines is 2. The Balaban J connectivity index is 1.90. The minimum atomic E-state index is -0.855. The monoisotopic (exact) mass is 427 g/mol. The topological polar surface area (TPSA) is 99.6 Å². The molecule has 1 aliphatic heterocycles. The molecule has 1 atom stereocenters. The summed E-state index contributed by atoms with van der Waals surface area (Å²) >= 11 is 0. The van der Waals surface area contributed by atoms with Gasteiger partial charge in [-0.2, -0.15) is 0 Å². The second-order valence-electron chi connectivity index (χ2n) is 7.55. The van der Waals surface area contributed by atoms with Gasteiger partial charge in [0.15, 0.2) is 0 Å². The Morgan fingerprint density at radius 1 is 1.03 bits per heavy atom. The van der Waals surface area contributed by atoms with Crippen molar-refractivity contribution in [1.29, 1.82) is 0 Å². The Kier molecular flexibility index (Phi) is 5.55. The number of nitrogens with zero attached hydrogens (tertiary/aromatic N) is 2. The molecule has 1 unspecified atom stereocenters. The molecule has 0 radical (unpaired) electrons. The lowest BCUT2D eigenvalue weighted by molar-refractivity contribution is -0.132. The molecule has 2 N–H and O–H groups in total. The van der Waals surface area contributed by atoms with Crippen LogP contribution in [0.2, 0.25) is 0 Å². The normalized spacial score (nSPS) is 17.4. The summed E-state index contributed by atoms with van der Waals surface area (Å²) in [4.78, 5) is 43.1. The number of nitrogens with one attached hydrogen (secondary N) is 1.